The number of fused-ring (bicyclic) bond motifs is 1. The third-order valence-corrected chi connectivity index (χ3v) is 7.28. The second-order valence-electron chi connectivity index (χ2n) is 8.20. The average molecular weight is 460 g/mol. The van der Waals surface area contributed by atoms with Gasteiger partial charge in [0.25, 0.3) is 0 Å². The molecule has 33 heavy (non-hydrogen) atoms. The molecule has 0 radical (unpaired) electrons. The van der Waals surface area contributed by atoms with E-state index in [9.17, 15) is 4.79 Å². The maximum Gasteiger partial charge on any atom is 0.335 e. The van der Waals surface area contributed by atoms with E-state index in [4.69, 9.17) is 14.8 Å². The largest absolute Gasteiger partial charge is 0.489 e. The van der Waals surface area contributed by atoms with Gasteiger partial charge in [-0.2, -0.15) is 0 Å². The number of nitrogens with zero attached hydrogens (tertiary/aromatic N) is 3. The second-order valence-corrected chi connectivity index (χ2v) is 9.18. The van der Waals surface area contributed by atoms with Crippen molar-refractivity contribution in [3.63, 3.8) is 0 Å². The number of ether oxygens (including phenoxy) is 1. The summed E-state index contributed by atoms with van der Waals surface area (Å²) in [5, 5.41) is 10.1. The van der Waals surface area contributed by atoms with Crippen LogP contribution in [-0.2, 0) is 6.61 Å². The number of benzene rings is 2. The highest BCUT2D eigenvalue weighted by molar-refractivity contribution is 8.14. The summed E-state index contributed by atoms with van der Waals surface area (Å²) in [6.07, 6.45) is 2.92. The van der Waals surface area contributed by atoms with Crippen molar-refractivity contribution in [1.82, 2.24) is 9.88 Å². The van der Waals surface area contributed by atoms with Crippen LogP contribution in [0.2, 0.25) is 0 Å². The highest BCUT2D eigenvalue weighted by atomic mass is 32.2. The summed E-state index contributed by atoms with van der Waals surface area (Å²) in [5.74, 6) is 0.920. The number of rotatable bonds is 7. The zero-order chi connectivity index (χ0) is 22.8. The number of thioether (sulfide) groups is 1. The first-order chi connectivity index (χ1) is 16.1. The molecule has 7 heteroatoms. The minimum Gasteiger partial charge on any atom is -0.489 e. The normalized spacial score (nSPS) is 21.5. The molecule has 5 rings (SSSR count). The number of aromatic nitrogens is 1. The van der Waals surface area contributed by atoms with Crippen molar-refractivity contribution in [2.45, 2.75) is 38.1 Å². The summed E-state index contributed by atoms with van der Waals surface area (Å²) in [5.41, 5.74) is 3.38. The summed E-state index contributed by atoms with van der Waals surface area (Å²) in [6.45, 7) is 2.62. The Morgan fingerprint density at radius 3 is 2.58 bits per heavy atom. The molecule has 1 aromatic heterocycles. The molecule has 0 spiro atoms. The van der Waals surface area contributed by atoms with Crippen LogP contribution in [0.25, 0.3) is 0 Å². The van der Waals surface area contributed by atoms with Crippen LogP contribution in [0.5, 0.6) is 5.75 Å². The molecule has 0 aliphatic carbocycles. The SMILES string of the molecule is CC[C@H]1CSC2=N[C@H](c3ccccn3)[C@@H](c3ccc(OCc4ccc(C(=O)O)cc4)cc3)N21. The van der Waals surface area contributed by atoms with E-state index in [1.807, 2.05) is 42.2 Å². The Bertz CT molecular complexity index is 1150. The average Bonchev–Trinajstić information content (AvgIpc) is 3.43. The maximum absolute atomic E-state index is 11.0. The van der Waals surface area contributed by atoms with E-state index in [2.05, 4.69) is 35.0 Å². The molecular formula is C26H25N3O3S. The van der Waals surface area contributed by atoms with E-state index in [-0.39, 0.29) is 17.6 Å². The van der Waals surface area contributed by atoms with Gasteiger partial charge in [-0.05, 0) is 53.9 Å². The standard InChI is InChI=1S/C26H25N3O3S/c1-2-20-16-33-26-28-23(22-5-3-4-14-27-22)24(29(20)26)18-10-12-21(13-11-18)32-15-17-6-8-19(9-7-17)25(30)31/h3-14,20,23-24H,2,15-16H2,1H3,(H,30,31)/t20-,23+,24+/m0/s1. The van der Waals surface area contributed by atoms with E-state index in [1.165, 1.54) is 5.56 Å². The topological polar surface area (TPSA) is 75.0 Å². The number of amidine groups is 1. The van der Waals surface area contributed by atoms with Gasteiger partial charge in [-0.3, -0.25) is 9.98 Å². The predicted octanol–water partition coefficient (Wildman–Crippen LogP) is 5.34. The number of carboxylic acids is 1. The van der Waals surface area contributed by atoms with Gasteiger partial charge >= 0.3 is 5.97 Å². The Balaban J connectivity index is 1.34. The minimum absolute atomic E-state index is 0.0254. The zero-order valence-corrected chi connectivity index (χ0v) is 19.1. The smallest absolute Gasteiger partial charge is 0.335 e. The number of aliphatic imine (C=N–C) groups is 1. The number of hydrogen-bond donors (Lipinski definition) is 1. The van der Waals surface area contributed by atoms with Crippen molar-refractivity contribution in [1.29, 1.82) is 0 Å². The van der Waals surface area contributed by atoms with Gasteiger partial charge in [0.15, 0.2) is 5.17 Å². The van der Waals surface area contributed by atoms with Gasteiger partial charge in [0.2, 0.25) is 0 Å². The van der Waals surface area contributed by atoms with Crippen LogP contribution >= 0.6 is 11.8 Å². The van der Waals surface area contributed by atoms with Crippen molar-refractivity contribution in [3.05, 3.63) is 95.3 Å². The lowest BCUT2D eigenvalue weighted by Crippen LogP contribution is -2.35. The molecule has 0 amide bonds. The molecule has 168 valence electrons. The van der Waals surface area contributed by atoms with E-state index in [0.29, 0.717) is 12.6 Å². The fourth-order valence-electron chi connectivity index (χ4n) is 4.38. The van der Waals surface area contributed by atoms with E-state index in [1.54, 1.807) is 24.3 Å². The number of carbonyl (C=O) groups is 1. The molecule has 0 unspecified atom stereocenters. The molecular weight excluding hydrogens is 434 g/mol. The van der Waals surface area contributed by atoms with Crippen LogP contribution in [0, 0.1) is 0 Å². The first kappa shape index (κ1) is 21.5. The lowest BCUT2D eigenvalue weighted by Gasteiger charge is -2.32. The molecule has 3 aromatic rings. The van der Waals surface area contributed by atoms with E-state index >= 15 is 0 Å². The van der Waals surface area contributed by atoms with Gasteiger partial charge in [-0.15, -0.1) is 0 Å². The van der Waals surface area contributed by atoms with Crippen LogP contribution in [0.15, 0.2) is 77.9 Å². The lowest BCUT2D eigenvalue weighted by atomic mass is 9.95. The number of pyridine rings is 1. The molecule has 2 aliphatic heterocycles. The minimum atomic E-state index is -0.928. The van der Waals surface area contributed by atoms with Gasteiger partial charge in [0.05, 0.1) is 17.3 Å². The summed E-state index contributed by atoms with van der Waals surface area (Å²) in [7, 11) is 0. The molecule has 3 atom stereocenters. The van der Waals surface area contributed by atoms with Crippen LogP contribution in [0.3, 0.4) is 0 Å². The lowest BCUT2D eigenvalue weighted by molar-refractivity contribution is 0.0697. The molecule has 1 saturated heterocycles. The number of aromatic carboxylic acids is 1. The molecule has 6 nitrogen and oxygen atoms in total. The molecule has 0 saturated carbocycles. The Labute approximate surface area is 197 Å². The summed E-state index contributed by atoms with van der Waals surface area (Å²) >= 11 is 1.84. The Kier molecular flexibility index (Phi) is 6.05. The van der Waals surface area contributed by atoms with Crippen molar-refractivity contribution in [2.75, 3.05) is 5.75 Å². The fourth-order valence-corrected chi connectivity index (χ4v) is 5.72. The predicted molar refractivity (Wildman–Crippen MR) is 130 cm³/mol. The molecule has 3 heterocycles. The van der Waals surface area contributed by atoms with Crippen LogP contribution in [0.1, 0.15) is 52.6 Å². The third kappa shape index (κ3) is 4.33. The van der Waals surface area contributed by atoms with Crippen LogP contribution in [0.4, 0.5) is 0 Å². The van der Waals surface area contributed by atoms with Crippen molar-refractivity contribution >= 4 is 22.9 Å². The highest BCUT2D eigenvalue weighted by Gasteiger charge is 2.45. The number of hydrogen-bond acceptors (Lipinski definition) is 6. The van der Waals surface area contributed by atoms with Crippen molar-refractivity contribution in [3.8, 4) is 5.75 Å². The second kappa shape index (κ2) is 9.27. The van der Waals surface area contributed by atoms with Gasteiger partial charge in [-0.1, -0.05) is 49.0 Å². The first-order valence-electron chi connectivity index (χ1n) is 11.1. The molecule has 0 bridgehead atoms. The van der Waals surface area contributed by atoms with Crippen LogP contribution in [-0.4, -0.2) is 37.9 Å². The van der Waals surface area contributed by atoms with Gasteiger partial charge in [0, 0.05) is 18.0 Å². The molecule has 1 fully saturated rings. The van der Waals surface area contributed by atoms with Crippen LogP contribution < -0.4 is 4.74 Å². The van der Waals surface area contributed by atoms with Gasteiger partial charge < -0.3 is 14.7 Å². The quantitative estimate of drug-likeness (QED) is 0.514. The summed E-state index contributed by atoms with van der Waals surface area (Å²) < 4.78 is 5.94. The summed E-state index contributed by atoms with van der Waals surface area (Å²) in [4.78, 5) is 23.2. The zero-order valence-electron chi connectivity index (χ0n) is 18.3. The number of carboxylic acid groups (broad SMARTS) is 1. The van der Waals surface area contributed by atoms with E-state index < -0.39 is 5.97 Å². The molecule has 2 aliphatic rings. The summed E-state index contributed by atoms with van der Waals surface area (Å²) in [6, 6.07) is 21.6. The fraction of sp³-hybridized carbons (Fsp3) is 0.269. The monoisotopic (exact) mass is 459 g/mol. The van der Waals surface area contributed by atoms with Gasteiger partial charge in [-0.25, -0.2) is 4.79 Å². The Hall–Kier alpha value is -3.32. The Morgan fingerprint density at radius 1 is 1.12 bits per heavy atom. The first-order valence-corrected chi connectivity index (χ1v) is 12.1. The molecule has 2 aromatic carbocycles. The molecule has 1 N–H and O–H groups in total. The van der Waals surface area contributed by atoms with E-state index in [0.717, 1.165) is 34.3 Å². The van der Waals surface area contributed by atoms with Crippen molar-refractivity contribution in [2.24, 2.45) is 4.99 Å². The highest BCUT2D eigenvalue weighted by Crippen LogP contribution is 2.48. The third-order valence-electron chi connectivity index (χ3n) is 6.16. The maximum atomic E-state index is 11.0. The van der Waals surface area contributed by atoms with Crippen molar-refractivity contribution < 1.29 is 14.6 Å². The Morgan fingerprint density at radius 2 is 1.91 bits per heavy atom. The van der Waals surface area contributed by atoms with Gasteiger partial charge in [0.1, 0.15) is 18.4 Å².